The molecule has 0 spiro atoms. The van der Waals surface area contributed by atoms with Gasteiger partial charge in [0.1, 0.15) is 5.75 Å². The molecule has 0 radical (unpaired) electrons. The van der Waals surface area contributed by atoms with Crippen LogP contribution in [0.3, 0.4) is 0 Å². The number of carbonyl (C=O) groups is 1. The van der Waals surface area contributed by atoms with Gasteiger partial charge in [-0.25, -0.2) is 0 Å². The fourth-order valence-electron chi connectivity index (χ4n) is 2.57. The second-order valence-corrected chi connectivity index (χ2v) is 6.06. The fourth-order valence-corrected chi connectivity index (χ4v) is 3.44. The first-order chi connectivity index (χ1) is 9.74. The van der Waals surface area contributed by atoms with E-state index in [2.05, 4.69) is 11.4 Å². The summed E-state index contributed by atoms with van der Waals surface area (Å²) in [6.45, 7) is 0.863. The van der Waals surface area contributed by atoms with Crippen LogP contribution >= 0.6 is 11.3 Å². The Labute approximate surface area is 122 Å². The summed E-state index contributed by atoms with van der Waals surface area (Å²) < 4.78 is 0. The van der Waals surface area contributed by atoms with Gasteiger partial charge >= 0.3 is 0 Å². The van der Waals surface area contributed by atoms with E-state index < -0.39 is 0 Å². The van der Waals surface area contributed by atoms with Crippen LogP contribution in [0.1, 0.15) is 29.3 Å². The number of thiophene rings is 1. The molecule has 1 atom stereocenters. The van der Waals surface area contributed by atoms with Crippen molar-refractivity contribution in [3.63, 3.8) is 0 Å². The molecule has 0 saturated carbocycles. The average molecular weight is 287 g/mol. The molecule has 1 fully saturated rings. The van der Waals surface area contributed by atoms with Crippen LogP contribution in [0, 0.1) is 0 Å². The van der Waals surface area contributed by atoms with E-state index in [-0.39, 0.29) is 17.7 Å². The van der Waals surface area contributed by atoms with Crippen LogP contribution in [0.5, 0.6) is 5.75 Å². The van der Waals surface area contributed by atoms with Gasteiger partial charge in [0.2, 0.25) is 5.91 Å². The predicted octanol–water partition coefficient (Wildman–Crippen LogP) is 3.36. The largest absolute Gasteiger partial charge is 0.508 e. The summed E-state index contributed by atoms with van der Waals surface area (Å²) in [5.41, 5.74) is 1.01. The standard InChI is InChI=1S/C16H17NO2S/c18-13-4-1-3-12(11-13)6-7-16(19)17-9-8-14(17)15-5-2-10-20-15/h1-5,10-11,14,18H,6-9H2. The molecular weight excluding hydrogens is 270 g/mol. The van der Waals surface area contributed by atoms with Crippen LogP contribution < -0.4 is 0 Å². The fraction of sp³-hybridized carbons (Fsp3) is 0.312. The van der Waals surface area contributed by atoms with Crippen molar-refractivity contribution in [2.24, 2.45) is 0 Å². The highest BCUT2D eigenvalue weighted by molar-refractivity contribution is 7.10. The summed E-state index contributed by atoms with van der Waals surface area (Å²) in [6, 6.07) is 11.5. The molecule has 0 bridgehead atoms. The number of nitrogens with zero attached hydrogens (tertiary/aromatic N) is 1. The molecule has 1 unspecified atom stereocenters. The number of phenolic OH excluding ortho intramolecular Hbond substituents is 1. The third-order valence-electron chi connectivity index (χ3n) is 3.75. The molecule has 1 aromatic carbocycles. The monoisotopic (exact) mass is 287 g/mol. The highest BCUT2D eigenvalue weighted by atomic mass is 32.1. The van der Waals surface area contributed by atoms with Gasteiger partial charge in [0.25, 0.3) is 0 Å². The zero-order valence-corrected chi connectivity index (χ0v) is 12.0. The van der Waals surface area contributed by atoms with Crippen LogP contribution in [0.15, 0.2) is 41.8 Å². The van der Waals surface area contributed by atoms with Crippen LogP contribution in [0.4, 0.5) is 0 Å². The van der Waals surface area contributed by atoms with E-state index in [9.17, 15) is 9.90 Å². The van der Waals surface area contributed by atoms with Crippen LogP contribution in [-0.4, -0.2) is 22.5 Å². The van der Waals surface area contributed by atoms with Gasteiger partial charge < -0.3 is 10.0 Å². The van der Waals surface area contributed by atoms with Gasteiger partial charge in [-0.1, -0.05) is 18.2 Å². The molecule has 1 amide bonds. The Bertz CT molecular complexity index is 594. The zero-order valence-electron chi connectivity index (χ0n) is 11.2. The van der Waals surface area contributed by atoms with E-state index in [1.807, 2.05) is 23.1 Å². The summed E-state index contributed by atoms with van der Waals surface area (Å²) in [6.07, 6.45) is 2.25. The first-order valence-corrected chi connectivity index (χ1v) is 7.73. The van der Waals surface area contributed by atoms with Crippen molar-refractivity contribution in [1.29, 1.82) is 0 Å². The maximum Gasteiger partial charge on any atom is 0.223 e. The highest BCUT2D eigenvalue weighted by Gasteiger charge is 2.33. The number of aromatic hydroxyl groups is 1. The third-order valence-corrected chi connectivity index (χ3v) is 4.72. The van der Waals surface area contributed by atoms with Gasteiger partial charge in [-0.2, -0.15) is 0 Å². The molecule has 1 N–H and O–H groups in total. The summed E-state index contributed by atoms with van der Waals surface area (Å²) in [5, 5.41) is 11.5. The molecule has 1 aromatic heterocycles. The van der Waals surface area contributed by atoms with Crippen molar-refractivity contribution in [3.05, 3.63) is 52.2 Å². The quantitative estimate of drug-likeness (QED) is 0.936. The van der Waals surface area contributed by atoms with Crippen molar-refractivity contribution >= 4 is 17.2 Å². The Balaban J connectivity index is 1.57. The number of amides is 1. The summed E-state index contributed by atoms with van der Waals surface area (Å²) in [4.78, 5) is 15.5. The smallest absolute Gasteiger partial charge is 0.223 e. The predicted molar refractivity (Wildman–Crippen MR) is 79.8 cm³/mol. The minimum absolute atomic E-state index is 0.206. The number of phenols is 1. The number of aryl methyl sites for hydroxylation is 1. The molecular formula is C16H17NO2S. The van der Waals surface area contributed by atoms with E-state index in [4.69, 9.17) is 0 Å². The lowest BCUT2D eigenvalue weighted by molar-refractivity contribution is -0.139. The van der Waals surface area contributed by atoms with Gasteiger partial charge in [-0.3, -0.25) is 4.79 Å². The first kappa shape index (κ1) is 13.2. The molecule has 1 aliphatic rings. The lowest BCUT2D eigenvalue weighted by atomic mass is 9.99. The Kier molecular flexibility index (Phi) is 3.74. The first-order valence-electron chi connectivity index (χ1n) is 6.85. The second kappa shape index (κ2) is 5.67. The maximum absolute atomic E-state index is 12.3. The van der Waals surface area contributed by atoms with Crippen molar-refractivity contribution in [1.82, 2.24) is 4.90 Å². The van der Waals surface area contributed by atoms with E-state index >= 15 is 0 Å². The Hall–Kier alpha value is -1.81. The molecule has 2 aromatic rings. The molecule has 1 saturated heterocycles. The molecule has 4 heteroatoms. The Morgan fingerprint density at radius 1 is 1.35 bits per heavy atom. The summed E-state index contributed by atoms with van der Waals surface area (Å²) >= 11 is 1.72. The average Bonchev–Trinajstić information content (AvgIpc) is 2.89. The van der Waals surface area contributed by atoms with Gasteiger partial charge in [0, 0.05) is 17.8 Å². The van der Waals surface area contributed by atoms with Crippen molar-refractivity contribution in [2.45, 2.75) is 25.3 Å². The number of likely N-dealkylation sites (tertiary alicyclic amines) is 1. The van der Waals surface area contributed by atoms with E-state index in [0.717, 1.165) is 18.5 Å². The van der Waals surface area contributed by atoms with Crippen molar-refractivity contribution < 1.29 is 9.90 Å². The van der Waals surface area contributed by atoms with Gasteiger partial charge in [0.15, 0.2) is 0 Å². The molecule has 2 heterocycles. The Morgan fingerprint density at radius 3 is 2.90 bits per heavy atom. The molecule has 3 rings (SSSR count). The third kappa shape index (κ3) is 2.70. The van der Waals surface area contributed by atoms with Gasteiger partial charge in [-0.05, 0) is 42.0 Å². The number of hydrogen-bond acceptors (Lipinski definition) is 3. The van der Waals surface area contributed by atoms with E-state index in [1.54, 1.807) is 23.5 Å². The molecule has 104 valence electrons. The summed E-state index contributed by atoms with van der Waals surface area (Å²) in [7, 11) is 0. The number of carbonyl (C=O) groups excluding carboxylic acids is 1. The second-order valence-electron chi connectivity index (χ2n) is 5.08. The zero-order chi connectivity index (χ0) is 13.9. The molecule has 1 aliphatic heterocycles. The van der Waals surface area contributed by atoms with E-state index in [1.165, 1.54) is 4.88 Å². The van der Waals surface area contributed by atoms with Gasteiger partial charge in [0.05, 0.1) is 6.04 Å². The number of hydrogen-bond donors (Lipinski definition) is 1. The number of rotatable bonds is 4. The normalized spacial score (nSPS) is 17.8. The molecule has 3 nitrogen and oxygen atoms in total. The topological polar surface area (TPSA) is 40.5 Å². The Morgan fingerprint density at radius 2 is 2.25 bits per heavy atom. The minimum atomic E-state index is 0.206. The summed E-state index contributed by atoms with van der Waals surface area (Å²) in [5.74, 6) is 0.466. The minimum Gasteiger partial charge on any atom is -0.508 e. The lowest BCUT2D eigenvalue weighted by Gasteiger charge is -2.40. The van der Waals surface area contributed by atoms with E-state index in [0.29, 0.717) is 12.8 Å². The van der Waals surface area contributed by atoms with Crippen LogP contribution in [0.2, 0.25) is 0 Å². The van der Waals surface area contributed by atoms with Crippen LogP contribution in [0.25, 0.3) is 0 Å². The SMILES string of the molecule is O=C(CCc1cccc(O)c1)N1CCC1c1cccs1. The molecule has 20 heavy (non-hydrogen) atoms. The highest BCUT2D eigenvalue weighted by Crippen LogP contribution is 2.36. The lowest BCUT2D eigenvalue weighted by Crippen LogP contribution is -2.44. The maximum atomic E-state index is 12.3. The van der Waals surface area contributed by atoms with Gasteiger partial charge in [-0.15, -0.1) is 11.3 Å². The molecule has 0 aliphatic carbocycles. The van der Waals surface area contributed by atoms with Crippen LogP contribution in [-0.2, 0) is 11.2 Å². The van der Waals surface area contributed by atoms with Crippen molar-refractivity contribution in [2.75, 3.05) is 6.54 Å². The number of benzene rings is 1. The van der Waals surface area contributed by atoms with Crippen molar-refractivity contribution in [3.8, 4) is 5.75 Å².